The number of hydrogen-bond acceptors (Lipinski definition) is 6. The molecule has 0 aromatic heterocycles. The van der Waals surface area contributed by atoms with E-state index in [1.165, 1.54) is 72.0 Å². The second kappa shape index (κ2) is 13.1. The van der Waals surface area contributed by atoms with Crippen molar-refractivity contribution in [1.82, 2.24) is 0 Å². The highest BCUT2D eigenvalue weighted by Crippen LogP contribution is 2.50. The van der Waals surface area contributed by atoms with Crippen LogP contribution in [-0.4, -0.2) is 92.6 Å². The molecule has 0 unspecified atom stereocenters. The Morgan fingerprint density at radius 1 is 0.370 bits per heavy atom. The Kier molecular flexibility index (Phi) is 9.98. The smallest absolute Gasteiger partial charge is 0.175 e. The zero-order chi connectivity index (χ0) is 34.4. The largest absolute Gasteiger partial charge is 0.378 e. The van der Waals surface area contributed by atoms with Crippen molar-refractivity contribution >= 4 is 57.8 Å². The van der Waals surface area contributed by atoms with Gasteiger partial charge in [0, 0.05) is 124 Å². The quantitative estimate of drug-likeness (QED) is 0.211. The van der Waals surface area contributed by atoms with E-state index in [9.17, 15) is 0 Å². The van der Waals surface area contributed by atoms with Crippen molar-refractivity contribution in [1.29, 1.82) is 0 Å². The lowest BCUT2D eigenvalue weighted by atomic mass is 10.1. The monoisotopic (exact) mass is 638 g/mol. The fourth-order valence-electron chi connectivity index (χ4n) is 7.84. The lowest BCUT2D eigenvalue weighted by Gasteiger charge is -2.48. The predicted octanol–water partition coefficient (Wildman–Crippen LogP) is 5.61. The van der Waals surface area contributed by atoms with Gasteiger partial charge in [-0.15, -0.1) is 0 Å². The van der Waals surface area contributed by atoms with Crippen LogP contribution in [0.4, 0.5) is 34.1 Å². The summed E-state index contributed by atoms with van der Waals surface area (Å²) in [6.45, 7) is 9.51. The minimum Gasteiger partial charge on any atom is -0.378 e. The highest BCUT2D eigenvalue weighted by molar-refractivity contribution is 7.17. The Hall–Kier alpha value is -3.84. The van der Waals surface area contributed by atoms with Crippen LogP contribution in [0.2, 0.25) is 5.54 Å². The van der Waals surface area contributed by atoms with Gasteiger partial charge in [0.2, 0.25) is 0 Å². The van der Waals surface area contributed by atoms with Gasteiger partial charge < -0.3 is 29.4 Å². The molecule has 0 spiro atoms. The Morgan fingerprint density at radius 2 is 0.565 bits per heavy atom. The van der Waals surface area contributed by atoms with Crippen molar-refractivity contribution in [3.8, 4) is 0 Å². The first-order chi connectivity index (χ1) is 21.5. The molecule has 0 bridgehead atoms. The zero-order valence-corrected chi connectivity index (χ0v) is 32.5. The molecule has 0 radical (unpaired) electrons. The molecular weight excluding hydrogens is 581 g/mol. The van der Waals surface area contributed by atoms with Gasteiger partial charge in [0.1, 0.15) is 0 Å². The molecule has 0 N–H and O–H groups in total. The maximum Gasteiger partial charge on any atom is 0.175 e. The minimum absolute atomic E-state index is 0.187. The molecule has 7 heteroatoms. The number of rotatable bonds is 10. The molecular formula is C39H58N6Si. The van der Waals surface area contributed by atoms with Crippen LogP contribution in [0, 0.1) is 0 Å². The molecule has 4 rings (SSSR count). The van der Waals surface area contributed by atoms with Crippen molar-refractivity contribution < 1.29 is 0 Å². The molecule has 1 aliphatic carbocycles. The van der Waals surface area contributed by atoms with E-state index in [2.05, 4.69) is 196 Å². The Labute approximate surface area is 281 Å². The van der Waals surface area contributed by atoms with Crippen molar-refractivity contribution in [2.45, 2.75) is 33.2 Å². The highest BCUT2D eigenvalue weighted by atomic mass is 28.3. The Balaban J connectivity index is 2.61. The molecule has 3 aromatic rings. The van der Waals surface area contributed by atoms with E-state index in [1.54, 1.807) is 0 Å². The SMILES string of the molecule is CC1=C(C)C([Si](c2c(N(C)C)cccc2N(C)C)(c2c(N(C)C)cccc2N(C)C)c2c(N(C)C)cccc2N(C)C)C(C)=C1C. The predicted molar refractivity (Wildman–Crippen MR) is 210 cm³/mol. The molecule has 0 fully saturated rings. The van der Waals surface area contributed by atoms with Crippen molar-refractivity contribution in [3.05, 3.63) is 76.9 Å². The third-order valence-corrected chi connectivity index (χ3v) is 15.8. The van der Waals surface area contributed by atoms with E-state index in [1.807, 2.05) is 0 Å². The fourth-order valence-corrected chi connectivity index (χ4v) is 15.5. The van der Waals surface area contributed by atoms with Crippen LogP contribution in [0.25, 0.3) is 0 Å². The average molecular weight is 639 g/mol. The molecule has 248 valence electrons. The van der Waals surface area contributed by atoms with Gasteiger partial charge in [0.15, 0.2) is 8.07 Å². The molecule has 0 saturated heterocycles. The fraction of sp³-hybridized carbons (Fsp3) is 0.436. The second-order valence-corrected chi connectivity index (χ2v) is 17.9. The topological polar surface area (TPSA) is 19.4 Å². The molecule has 1 aliphatic rings. The summed E-state index contributed by atoms with van der Waals surface area (Å²) in [7, 11) is 23.3. The molecule has 0 saturated carbocycles. The van der Waals surface area contributed by atoms with E-state index in [-0.39, 0.29) is 5.54 Å². The van der Waals surface area contributed by atoms with Crippen molar-refractivity contribution in [2.24, 2.45) is 0 Å². The number of hydrogen-bond donors (Lipinski definition) is 0. The van der Waals surface area contributed by atoms with Crippen LogP contribution in [0.5, 0.6) is 0 Å². The molecule has 0 atom stereocenters. The van der Waals surface area contributed by atoms with Crippen LogP contribution in [-0.2, 0) is 0 Å². The van der Waals surface area contributed by atoms with Crippen LogP contribution < -0.4 is 45.0 Å². The maximum absolute atomic E-state index is 3.21. The van der Waals surface area contributed by atoms with Gasteiger partial charge in [-0.3, -0.25) is 0 Å². The summed E-state index contributed by atoms with van der Waals surface area (Å²) in [4.78, 5) is 14.1. The van der Waals surface area contributed by atoms with Gasteiger partial charge in [-0.2, -0.15) is 0 Å². The summed E-state index contributed by atoms with van der Waals surface area (Å²) in [5.41, 5.74) is 13.7. The van der Waals surface area contributed by atoms with Gasteiger partial charge in [0.25, 0.3) is 0 Å². The number of allylic oxidation sites excluding steroid dienone is 4. The molecule has 3 aromatic carbocycles. The first kappa shape index (κ1) is 35.0. The van der Waals surface area contributed by atoms with Crippen LogP contribution >= 0.6 is 0 Å². The first-order valence-electron chi connectivity index (χ1n) is 16.3. The highest BCUT2D eigenvalue weighted by Gasteiger charge is 2.57. The summed E-state index contributed by atoms with van der Waals surface area (Å²) in [6, 6.07) is 20.8. The summed E-state index contributed by atoms with van der Waals surface area (Å²) in [5.74, 6) is 0. The van der Waals surface area contributed by atoms with E-state index in [0.717, 1.165) is 0 Å². The third kappa shape index (κ3) is 5.46. The van der Waals surface area contributed by atoms with Crippen molar-refractivity contribution in [3.63, 3.8) is 0 Å². The maximum atomic E-state index is 2.41. The van der Waals surface area contributed by atoms with Gasteiger partial charge in [-0.25, -0.2) is 0 Å². The standard InChI is InChI=1S/C39H58N6Si/c1-26-27(2)29(4)36(28(26)3)46(37-30(40(5)6)20-17-21-31(37)41(7)8,38-32(42(9)10)22-18-23-33(38)43(11)12)39-34(44(13)14)24-19-25-35(39)45(15)16/h17-25,36H,1-16H3. The van der Waals surface area contributed by atoms with Gasteiger partial charge in [0.05, 0.1) is 0 Å². The minimum atomic E-state index is -3.21. The molecule has 0 heterocycles. The summed E-state index contributed by atoms with van der Waals surface area (Å²) in [6.07, 6.45) is 0. The summed E-state index contributed by atoms with van der Waals surface area (Å²) in [5, 5.41) is 4.35. The number of nitrogens with zero attached hydrogens (tertiary/aromatic N) is 6. The molecule has 0 amide bonds. The van der Waals surface area contributed by atoms with E-state index in [0.29, 0.717) is 0 Å². The second-order valence-electron chi connectivity index (χ2n) is 14.2. The van der Waals surface area contributed by atoms with E-state index >= 15 is 0 Å². The van der Waals surface area contributed by atoms with Crippen LogP contribution in [0.3, 0.4) is 0 Å². The third-order valence-electron chi connectivity index (χ3n) is 10.2. The van der Waals surface area contributed by atoms with Crippen LogP contribution in [0.15, 0.2) is 76.9 Å². The first-order valence-corrected chi connectivity index (χ1v) is 18.4. The van der Waals surface area contributed by atoms with Crippen LogP contribution in [0.1, 0.15) is 27.7 Å². The lowest BCUT2D eigenvalue weighted by molar-refractivity contribution is 1.06. The Morgan fingerprint density at radius 3 is 0.739 bits per heavy atom. The Bertz CT molecular complexity index is 1400. The lowest BCUT2D eigenvalue weighted by Crippen LogP contribution is -2.73. The van der Waals surface area contributed by atoms with Gasteiger partial charge >= 0.3 is 0 Å². The number of benzene rings is 3. The van der Waals surface area contributed by atoms with E-state index < -0.39 is 8.07 Å². The summed E-state index contributed by atoms with van der Waals surface area (Å²) < 4.78 is 0. The van der Waals surface area contributed by atoms with Crippen molar-refractivity contribution in [2.75, 3.05) is 114 Å². The van der Waals surface area contributed by atoms with E-state index in [4.69, 9.17) is 0 Å². The molecule has 46 heavy (non-hydrogen) atoms. The molecule has 0 aliphatic heterocycles. The average Bonchev–Trinajstić information content (AvgIpc) is 3.19. The van der Waals surface area contributed by atoms with Gasteiger partial charge in [-0.1, -0.05) is 29.3 Å². The zero-order valence-electron chi connectivity index (χ0n) is 31.5. The van der Waals surface area contributed by atoms with Gasteiger partial charge in [-0.05, 0) is 90.8 Å². The number of anilines is 6. The molecule has 6 nitrogen and oxygen atoms in total. The summed E-state index contributed by atoms with van der Waals surface area (Å²) >= 11 is 0. The normalized spacial score (nSPS) is 13.8.